The van der Waals surface area contributed by atoms with Gasteiger partial charge in [-0.05, 0) is 106 Å². The van der Waals surface area contributed by atoms with Crippen LogP contribution in [0.5, 0.6) is 0 Å². The minimum Gasteiger partial charge on any atom is -0.468 e. The van der Waals surface area contributed by atoms with Crippen molar-refractivity contribution in [1.82, 2.24) is 20.3 Å². The number of aromatic amines is 3. The molecule has 5 atom stereocenters. The normalized spacial score (nSPS) is 21.9. The highest BCUT2D eigenvalue weighted by atomic mass is 16.5. The van der Waals surface area contributed by atoms with Crippen molar-refractivity contribution in [3.8, 4) is 0 Å². The Morgan fingerprint density at radius 3 is 2.08 bits per heavy atom. The maximum Gasteiger partial charge on any atom is 0.321 e. The molecule has 0 radical (unpaired) electrons. The van der Waals surface area contributed by atoms with Crippen LogP contribution in [0.2, 0.25) is 0 Å². The van der Waals surface area contributed by atoms with Gasteiger partial charge in [-0.15, -0.1) is 0 Å². The van der Waals surface area contributed by atoms with E-state index in [1.807, 2.05) is 31.2 Å². The van der Waals surface area contributed by atoms with E-state index in [0.29, 0.717) is 23.3 Å². The van der Waals surface area contributed by atoms with Crippen molar-refractivity contribution >= 4 is 53.7 Å². The van der Waals surface area contributed by atoms with Gasteiger partial charge in [0.25, 0.3) is 0 Å². The first-order valence-electron chi connectivity index (χ1n) is 23.9. The van der Waals surface area contributed by atoms with Gasteiger partial charge >= 0.3 is 11.9 Å². The van der Waals surface area contributed by atoms with Crippen LogP contribution in [0.25, 0.3) is 36.0 Å². The SMILES string of the molecule is C=Cc1c2[nH]c(c1C)/C=C1\N/C(=C3\c4[nH]c(c(C)c4C(=O)[C@@H]3C(=O)OC)/C=c3\[nH]/c(c(C)c3C=C)=C\2)[C@@H](CCC(=O)OC/C=C(/C)CCC[C@H](C)CCC[C@H](C)CCCC(C)C)[C@@H]1C. The summed E-state index contributed by atoms with van der Waals surface area (Å²) in [5.41, 5.74) is 11.8. The zero-order chi connectivity index (χ0) is 46.4. The Balaban J connectivity index is 1.22. The van der Waals surface area contributed by atoms with Crippen molar-refractivity contribution in [2.24, 2.45) is 35.5 Å². The van der Waals surface area contributed by atoms with Crippen LogP contribution in [0.1, 0.15) is 173 Å². The molecule has 9 heteroatoms. The molecule has 0 unspecified atom stereocenters. The number of rotatable bonds is 20. The number of hydrogen-bond acceptors (Lipinski definition) is 6. The number of esters is 2. The topological polar surface area (TPSA) is 129 Å². The number of H-pyrrole nitrogens is 3. The van der Waals surface area contributed by atoms with Crippen LogP contribution >= 0.6 is 0 Å². The van der Waals surface area contributed by atoms with Gasteiger partial charge in [0.15, 0.2) is 5.78 Å². The van der Waals surface area contributed by atoms with Gasteiger partial charge in [-0.3, -0.25) is 14.4 Å². The van der Waals surface area contributed by atoms with Gasteiger partial charge in [-0.25, -0.2) is 0 Å². The first-order valence-corrected chi connectivity index (χ1v) is 23.9. The molecule has 64 heavy (non-hydrogen) atoms. The molecular weight excluding hydrogens is 797 g/mol. The third-order valence-electron chi connectivity index (χ3n) is 14.3. The monoisotopic (exact) mass is 871 g/mol. The van der Waals surface area contributed by atoms with Crippen molar-refractivity contribution in [2.75, 3.05) is 13.7 Å². The Hall–Kier alpha value is -5.31. The molecule has 3 aromatic rings. The Morgan fingerprint density at radius 2 is 1.42 bits per heavy atom. The summed E-state index contributed by atoms with van der Waals surface area (Å²) < 4.78 is 11.1. The third-order valence-corrected chi connectivity index (χ3v) is 14.3. The number of hydrogen-bond donors (Lipinski definition) is 4. The minimum absolute atomic E-state index is 0.0987. The molecule has 0 amide bonds. The minimum atomic E-state index is -1.16. The number of methoxy groups -OCH3 is 1. The molecule has 8 bridgehead atoms. The van der Waals surface area contributed by atoms with Gasteiger partial charge in [0, 0.05) is 79.7 Å². The van der Waals surface area contributed by atoms with Gasteiger partial charge in [-0.2, -0.15) is 0 Å². The fraction of sp³-hybridized carbons (Fsp3) is 0.509. The molecule has 0 saturated carbocycles. The smallest absolute Gasteiger partial charge is 0.321 e. The van der Waals surface area contributed by atoms with Crippen LogP contribution in [0.3, 0.4) is 0 Å². The summed E-state index contributed by atoms with van der Waals surface area (Å²) in [5, 5.41) is 5.46. The van der Waals surface area contributed by atoms with Crippen LogP contribution in [0, 0.1) is 56.3 Å². The van der Waals surface area contributed by atoms with Crippen LogP contribution in [-0.4, -0.2) is 46.4 Å². The second-order valence-corrected chi connectivity index (χ2v) is 19.5. The first-order chi connectivity index (χ1) is 30.6. The van der Waals surface area contributed by atoms with Crippen molar-refractivity contribution in [2.45, 2.75) is 133 Å². The van der Waals surface area contributed by atoms with Crippen LogP contribution in [0.15, 0.2) is 36.2 Å². The standard InChI is InChI=1S/C55H74N4O5/c1-13-39-35(8)42-28-44-37(10)41(24-25-48(60)64-27-26-34(7)23-17-22-33(6)21-16-20-32(5)19-15-18-31(3)4)52(58-44)50-51(55(62)63-12)54(61)49-38(11)45(59-53(49)50)30-47-40(14-2)36(9)43(57-47)29-46(39)56-42/h13-14,26,28-33,37,41,51,56-59H,1-2,15-25,27H2,3-12H3/b34-26-,43-29-,44-28-,47-30-,52-50-/t32-,33-,37+,41+,51-/m1/s1. The Morgan fingerprint density at radius 1 is 0.781 bits per heavy atom. The maximum absolute atomic E-state index is 14.4. The molecule has 1 saturated heterocycles. The highest BCUT2D eigenvalue weighted by Crippen LogP contribution is 2.48. The number of carbonyl (C=O) groups excluding carboxylic acids is 3. The largest absolute Gasteiger partial charge is 0.468 e. The molecule has 4 N–H and O–H groups in total. The van der Waals surface area contributed by atoms with Gasteiger partial charge in [0.2, 0.25) is 0 Å². The summed E-state index contributed by atoms with van der Waals surface area (Å²) in [6, 6.07) is 0. The lowest BCUT2D eigenvalue weighted by molar-refractivity contribution is -0.143. The lowest BCUT2D eigenvalue weighted by Crippen LogP contribution is -2.25. The predicted molar refractivity (Wildman–Crippen MR) is 262 cm³/mol. The number of nitrogens with one attached hydrogen (secondary N) is 4. The summed E-state index contributed by atoms with van der Waals surface area (Å²) >= 11 is 0. The summed E-state index contributed by atoms with van der Waals surface area (Å²) in [7, 11) is 1.32. The van der Waals surface area contributed by atoms with Crippen molar-refractivity contribution in [3.05, 3.63) is 103 Å². The molecule has 1 aliphatic carbocycles. The fourth-order valence-corrected chi connectivity index (χ4v) is 10.2. The second kappa shape index (κ2) is 21.1. The zero-order valence-electron chi connectivity index (χ0n) is 40.4. The molecule has 2 aliphatic heterocycles. The number of allylic oxidation sites excluding steroid dienone is 3. The molecule has 3 aromatic heterocycles. The lowest BCUT2D eigenvalue weighted by Gasteiger charge is -2.19. The van der Waals surface area contributed by atoms with Crippen molar-refractivity contribution in [1.29, 1.82) is 0 Å². The van der Waals surface area contributed by atoms with E-state index < -0.39 is 11.9 Å². The van der Waals surface area contributed by atoms with E-state index in [9.17, 15) is 14.4 Å². The average molecular weight is 871 g/mol. The van der Waals surface area contributed by atoms with E-state index in [-0.39, 0.29) is 36.6 Å². The Labute approximate surface area is 381 Å². The summed E-state index contributed by atoms with van der Waals surface area (Å²) in [5.74, 6) is -0.364. The zero-order valence-corrected chi connectivity index (χ0v) is 40.4. The molecule has 3 aliphatic rings. The Bertz CT molecular complexity index is 2480. The quantitative estimate of drug-likeness (QED) is 0.0508. The highest BCUT2D eigenvalue weighted by Gasteiger charge is 2.48. The fourth-order valence-electron chi connectivity index (χ4n) is 10.2. The van der Waals surface area contributed by atoms with Crippen LogP contribution in [0.4, 0.5) is 0 Å². The molecule has 9 nitrogen and oxygen atoms in total. The van der Waals surface area contributed by atoms with E-state index in [2.05, 4.69) is 101 Å². The van der Waals surface area contributed by atoms with Crippen molar-refractivity contribution in [3.63, 3.8) is 0 Å². The molecule has 1 fully saturated rings. The van der Waals surface area contributed by atoms with E-state index in [4.69, 9.17) is 9.47 Å². The van der Waals surface area contributed by atoms with Gasteiger partial charge in [0.05, 0.1) is 12.8 Å². The summed E-state index contributed by atoms with van der Waals surface area (Å²) in [6.45, 7) is 28.2. The second-order valence-electron chi connectivity index (χ2n) is 19.5. The number of carbonyl (C=O) groups is 3. The number of aromatic nitrogens is 3. The third kappa shape index (κ3) is 10.5. The summed E-state index contributed by atoms with van der Waals surface area (Å²) in [4.78, 5) is 52.2. The summed E-state index contributed by atoms with van der Waals surface area (Å²) in [6.07, 6.45) is 23.9. The Kier molecular flexibility index (Phi) is 15.9. The van der Waals surface area contributed by atoms with Crippen LogP contribution < -0.4 is 16.0 Å². The van der Waals surface area contributed by atoms with Gasteiger partial charge in [0.1, 0.15) is 12.5 Å². The predicted octanol–water partition coefficient (Wildman–Crippen LogP) is 11.2. The van der Waals surface area contributed by atoms with E-state index in [0.717, 1.165) is 97.6 Å². The van der Waals surface area contributed by atoms with E-state index in [1.165, 1.54) is 57.6 Å². The van der Waals surface area contributed by atoms with Gasteiger partial charge < -0.3 is 29.7 Å². The highest BCUT2D eigenvalue weighted by molar-refractivity contribution is 6.24. The number of ether oxygens (including phenoxy) is 2. The number of Topliss-reactive ketones (excluding diaryl/α,β-unsaturated/α-hetero) is 1. The lowest BCUT2D eigenvalue weighted by atomic mass is 9.85. The van der Waals surface area contributed by atoms with E-state index >= 15 is 0 Å². The van der Waals surface area contributed by atoms with E-state index in [1.54, 1.807) is 0 Å². The molecular formula is C55H74N4O5. The average Bonchev–Trinajstić information content (AvgIpc) is 3.99. The number of fused-ring (bicyclic) bond motifs is 7. The number of ketones is 1. The molecule has 5 heterocycles. The molecule has 0 aromatic carbocycles. The van der Waals surface area contributed by atoms with Gasteiger partial charge in [-0.1, -0.05) is 110 Å². The van der Waals surface area contributed by atoms with Crippen molar-refractivity contribution < 1.29 is 23.9 Å². The maximum atomic E-state index is 14.4. The first kappa shape index (κ1) is 48.2. The molecule has 0 spiro atoms. The molecule has 344 valence electrons. The van der Waals surface area contributed by atoms with Crippen LogP contribution in [-0.2, 0) is 19.1 Å². The molecule has 6 rings (SSSR count).